The number of aliphatic hydroxyl groups is 3. The van der Waals surface area contributed by atoms with E-state index in [4.69, 9.17) is 16.2 Å². The highest BCUT2D eigenvalue weighted by molar-refractivity contribution is 5.87. The zero-order valence-electron chi connectivity index (χ0n) is 28.3. The molecule has 1 aliphatic heterocycles. The van der Waals surface area contributed by atoms with Gasteiger partial charge in [-0.15, -0.1) is 0 Å². The normalized spacial score (nSPS) is 22.2. The van der Waals surface area contributed by atoms with Crippen molar-refractivity contribution >= 4 is 17.7 Å². The summed E-state index contributed by atoms with van der Waals surface area (Å²) < 4.78 is 6.01. The molecule has 0 aliphatic carbocycles. The molecule has 6 atom stereocenters. The van der Waals surface area contributed by atoms with E-state index in [-0.39, 0.29) is 12.3 Å². The lowest BCUT2D eigenvalue weighted by Gasteiger charge is -2.47. The molecule has 0 radical (unpaired) electrons. The Labute approximate surface area is 272 Å². The van der Waals surface area contributed by atoms with Crippen LogP contribution in [0.2, 0.25) is 0 Å². The van der Waals surface area contributed by atoms with Gasteiger partial charge in [-0.1, -0.05) is 123 Å². The minimum absolute atomic E-state index is 0.167. The average Bonchev–Trinajstić information content (AvgIpc) is 3.01. The van der Waals surface area contributed by atoms with Crippen molar-refractivity contribution in [1.82, 2.24) is 10.2 Å². The smallest absolute Gasteiger partial charge is 0.237 e. The largest absolute Gasteiger partial charge is 0.394 e. The quantitative estimate of drug-likeness (QED) is 0.0730. The Hall–Kier alpha value is -1.79. The Morgan fingerprint density at radius 2 is 1.22 bits per heavy atom. The van der Waals surface area contributed by atoms with Crippen molar-refractivity contribution in [2.75, 3.05) is 13.2 Å². The summed E-state index contributed by atoms with van der Waals surface area (Å²) in [5.41, 5.74) is 11.0. The first kappa shape index (κ1) is 41.2. The fourth-order valence-electron chi connectivity index (χ4n) is 5.99. The van der Waals surface area contributed by atoms with Crippen molar-refractivity contribution in [2.45, 2.75) is 185 Å². The summed E-state index contributed by atoms with van der Waals surface area (Å²) in [6, 6.07) is -2.49. The summed E-state index contributed by atoms with van der Waals surface area (Å²) in [6.45, 7) is 4.19. The number of nitrogens with one attached hydrogen (secondary N) is 1. The molecule has 0 bridgehead atoms. The van der Waals surface area contributed by atoms with Gasteiger partial charge in [-0.25, -0.2) is 0 Å². The third kappa shape index (κ3) is 17.1. The highest BCUT2D eigenvalue weighted by atomic mass is 16.5. The number of primary amides is 1. The molecule has 8 N–H and O–H groups in total. The molecule has 0 aromatic rings. The lowest BCUT2D eigenvalue weighted by atomic mass is 9.94. The Bertz CT molecular complexity index is 803. The monoisotopic (exact) mass is 642 g/mol. The summed E-state index contributed by atoms with van der Waals surface area (Å²) in [6.07, 6.45) is 15.9. The minimum atomic E-state index is -1.54. The molecule has 11 nitrogen and oxygen atoms in total. The van der Waals surface area contributed by atoms with E-state index >= 15 is 0 Å². The van der Waals surface area contributed by atoms with Crippen LogP contribution in [0, 0.1) is 0 Å². The van der Waals surface area contributed by atoms with Crippen LogP contribution >= 0.6 is 0 Å². The number of unbranched alkanes of at least 4 members (excludes halogenated alkanes) is 17. The van der Waals surface area contributed by atoms with E-state index in [0.717, 1.165) is 38.5 Å². The Balaban J connectivity index is 2.90. The summed E-state index contributed by atoms with van der Waals surface area (Å²) in [7, 11) is 0. The van der Waals surface area contributed by atoms with E-state index in [2.05, 4.69) is 19.2 Å². The van der Waals surface area contributed by atoms with Crippen molar-refractivity contribution in [3.05, 3.63) is 0 Å². The zero-order valence-corrected chi connectivity index (χ0v) is 28.3. The maximum Gasteiger partial charge on any atom is 0.237 e. The van der Waals surface area contributed by atoms with E-state index in [1.54, 1.807) is 0 Å². The first-order chi connectivity index (χ1) is 21.7. The van der Waals surface area contributed by atoms with Gasteiger partial charge in [-0.05, 0) is 12.8 Å². The number of rotatable bonds is 27. The summed E-state index contributed by atoms with van der Waals surface area (Å²) in [5.74, 6) is -1.68. The van der Waals surface area contributed by atoms with Crippen LogP contribution < -0.4 is 16.8 Å². The van der Waals surface area contributed by atoms with Gasteiger partial charge in [0.2, 0.25) is 17.7 Å². The van der Waals surface area contributed by atoms with E-state index in [1.165, 1.54) is 75.5 Å². The molecule has 3 amide bonds. The standard InChI is InChI=1S/C34H66N4O7/c1-3-5-7-9-11-13-15-17-19-21-23-38(29(41)22-20-18-16-14-12-10-8-6-4-2)34-30(32(43)31(42)27(25-39)45-34)37-33(44)26(35)24-28(36)40/h26-27,30-32,34,39,42-43H,3-25,35H2,1-2H3,(H2,36,40)(H,37,44)/t26-,27+,30+,31+,32+,34+/m0/s1. The number of carbonyl (C=O) groups excluding carboxylic acids is 3. The summed E-state index contributed by atoms with van der Waals surface area (Å²) >= 11 is 0. The van der Waals surface area contributed by atoms with Crippen molar-refractivity contribution in [3.63, 3.8) is 0 Å². The number of hydrogen-bond donors (Lipinski definition) is 6. The summed E-state index contributed by atoms with van der Waals surface area (Å²) in [4.78, 5) is 39.4. The van der Waals surface area contributed by atoms with Crippen molar-refractivity contribution in [3.8, 4) is 0 Å². The summed E-state index contributed by atoms with van der Waals surface area (Å²) in [5, 5.41) is 34.1. The van der Waals surface area contributed by atoms with E-state index < -0.39 is 61.5 Å². The van der Waals surface area contributed by atoms with E-state index in [0.29, 0.717) is 19.4 Å². The van der Waals surface area contributed by atoms with Gasteiger partial charge in [-0.3, -0.25) is 14.4 Å². The number of carbonyl (C=O) groups is 3. The Morgan fingerprint density at radius 3 is 1.69 bits per heavy atom. The van der Waals surface area contributed by atoms with Gasteiger partial charge < -0.3 is 41.7 Å². The number of aliphatic hydroxyl groups excluding tert-OH is 3. The molecule has 1 aliphatic rings. The van der Waals surface area contributed by atoms with Gasteiger partial charge >= 0.3 is 0 Å². The van der Waals surface area contributed by atoms with E-state index in [1.807, 2.05) is 0 Å². The molecule has 1 heterocycles. The molecule has 0 spiro atoms. The molecule has 45 heavy (non-hydrogen) atoms. The number of nitrogens with two attached hydrogens (primary N) is 2. The lowest BCUT2D eigenvalue weighted by molar-refractivity contribution is -0.231. The molecule has 11 heteroatoms. The molecule has 1 saturated heterocycles. The van der Waals surface area contributed by atoms with Gasteiger partial charge in [-0.2, -0.15) is 0 Å². The predicted octanol–water partition coefficient (Wildman–Crippen LogP) is 3.78. The van der Waals surface area contributed by atoms with E-state index in [9.17, 15) is 29.7 Å². The average molecular weight is 643 g/mol. The molecule has 0 saturated carbocycles. The van der Waals surface area contributed by atoms with Gasteiger partial charge in [0, 0.05) is 13.0 Å². The fraction of sp³-hybridized carbons (Fsp3) is 0.912. The lowest BCUT2D eigenvalue weighted by Crippen LogP contribution is -2.69. The molecular formula is C34H66N4O7. The number of ether oxygens (including phenoxy) is 1. The maximum absolute atomic E-state index is 13.7. The molecular weight excluding hydrogens is 576 g/mol. The van der Waals surface area contributed by atoms with Crippen molar-refractivity contribution in [2.24, 2.45) is 11.5 Å². The van der Waals surface area contributed by atoms with Crippen molar-refractivity contribution < 1.29 is 34.4 Å². The number of amides is 3. The molecule has 1 rings (SSSR count). The SMILES string of the molecule is CCCCCCCCCCCCN(C(=O)CCCCCCCCCCC)[C@@H]1O[C@H](CO)[C@@H](O)[C@H](O)[C@H]1NC(=O)[C@@H](N)CC(N)=O. The second-order valence-electron chi connectivity index (χ2n) is 12.9. The third-order valence-electron chi connectivity index (χ3n) is 8.84. The Kier molecular flexibility index (Phi) is 23.2. The predicted molar refractivity (Wildman–Crippen MR) is 177 cm³/mol. The number of hydrogen-bond acceptors (Lipinski definition) is 8. The van der Waals surface area contributed by atoms with Crippen LogP contribution in [0.1, 0.15) is 149 Å². The number of nitrogens with zero attached hydrogens (tertiary/aromatic N) is 1. The third-order valence-corrected chi connectivity index (χ3v) is 8.84. The van der Waals surface area contributed by atoms with Gasteiger partial charge in [0.15, 0.2) is 6.23 Å². The molecule has 1 fully saturated rings. The molecule has 0 aromatic carbocycles. The molecule has 264 valence electrons. The topological polar surface area (TPSA) is 188 Å². The second kappa shape index (κ2) is 25.3. The van der Waals surface area contributed by atoms with Gasteiger partial charge in [0.05, 0.1) is 19.1 Å². The second-order valence-corrected chi connectivity index (χ2v) is 12.9. The van der Waals surface area contributed by atoms with Crippen molar-refractivity contribution in [1.29, 1.82) is 0 Å². The fourth-order valence-corrected chi connectivity index (χ4v) is 5.99. The van der Waals surface area contributed by atoms with Gasteiger partial charge in [0.25, 0.3) is 0 Å². The Morgan fingerprint density at radius 1 is 0.756 bits per heavy atom. The minimum Gasteiger partial charge on any atom is -0.394 e. The van der Waals surface area contributed by atoms with Crippen LogP contribution in [0.25, 0.3) is 0 Å². The first-order valence-electron chi connectivity index (χ1n) is 17.9. The zero-order chi connectivity index (χ0) is 33.5. The highest BCUT2D eigenvalue weighted by Crippen LogP contribution is 2.26. The molecule has 0 aromatic heterocycles. The van der Waals surface area contributed by atoms with Crippen LogP contribution in [-0.2, 0) is 19.1 Å². The van der Waals surface area contributed by atoms with Crippen LogP contribution in [-0.4, -0.2) is 87.7 Å². The van der Waals surface area contributed by atoms with Crippen LogP contribution in [0.4, 0.5) is 0 Å². The van der Waals surface area contributed by atoms with Crippen LogP contribution in [0.15, 0.2) is 0 Å². The van der Waals surface area contributed by atoms with Crippen LogP contribution in [0.3, 0.4) is 0 Å². The molecule has 0 unspecified atom stereocenters. The van der Waals surface area contributed by atoms with Crippen LogP contribution in [0.5, 0.6) is 0 Å². The highest BCUT2D eigenvalue weighted by Gasteiger charge is 2.48. The maximum atomic E-state index is 13.7. The van der Waals surface area contributed by atoms with Gasteiger partial charge in [0.1, 0.15) is 24.4 Å². The first-order valence-corrected chi connectivity index (χ1v) is 17.9.